The van der Waals surface area contributed by atoms with Crippen molar-refractivity contribution in [1.29, 1.82) is 0 Å². The van der Waals surface area contributed by atoms with Gasteiger partial charge in [-0.15, -0.1) is 0 Å². The first kappa shape index (κ1) is 17.7. The number of hydrogen-bond donors (Lipinski definition) is 0. The quantitative estimate of drug-likeness (QED) is 0.800. The molecule has 132 valence electrons. The maximum atomic E-state index is 12.9. The summed E-state index contributed by atoms with van der Waals surface area (Å²) in [6.45, 7) is 7.37. The Morgan fingerprint density at radius 3 is 2.52 bits per heavy atom. The van der Waals surface area contributed by atoms with Gasteiger partial charge < -0.3 is 9.64 Å². The molecule has 3 rings (SSSR count). The molecule has 1 aliphatic heterocycles. The summed E-state index contributed by atoms with van der Waals surface area (Å²) < 4.78 is 5.84. The molecule has 0 aromatic heterocycles. The molecule has 2 aromatic carbocycles. The summed E-state index contributed by atoms with van der Waals surface area (Å²) in [6.07, 6.45) is 1.65. The van der Waals surface area contributed by atoms with Gasteiger partial charge >= 0.3 is 0 Å². The average molecular weight is 337 g/mol. The summed E-state index contributed by atoms with van der Waals surface area (Å²) in [7, 11) is 0. The van der Waals surface area contributed by atoms with E-state index >= 15 is 0 Å². The lowest BCUT2D eigenvalue weighted by molar-refractivity contribution is -0.144. The van der Waals surface area contributed by atoms with Crippen LogP contribution in [0, 0.1) is 13.8 Å². The van der Waals surface area contributed by atoms with Gasteiger partial charge in [0.1, 0.15) is 6.10 Å². The molecule has 3 heteroatoms. The van der Waals surface area contributed by atoms with E-state index in [1.807, 2.05) is 42.2 Å². The van der Waals surface area contributed by atoms with Crippen molar-refractivity contribution < 1.29 is 9.53 Å². The second-order valence-electron chi connectivity index (χ2n) is 7.05. The minimum Gasteiger partial charge on any atom is -0.364 e. The Morgan fingerprint density at radius 2 is 1.84 bits per heavy atom. The number of likely N-dealkylation sites (tertiary alicyclic amines) is 1. The van der Waals surface area contributed by atoms with E-state index in [0.717, 1.165) is 24.9 Å². The Morgan fingerprint density at radius 1 is 1.16 bits per heavy atom. The van der Waals surface area contributed by atoms with Crippen molar-refractivity contribution in [2.24, 2.45) is 0 Å². The number of amides is 1. The monoisotopic (exact) mass is 337 g/mol. The highest BCUT2D eigenvalue weighted by atomic mass is 16.5. The Kier molecular flexibility index (Phi) is 5.54. The van der Waals surface area contributed by atoms with Crippen LogP contribution < -0.4 is 0 Å². The van der Waals surface area contributed by atoms with Gasteiger partial charge in [0.2, 0.25) is 0 Å². The summed E-state index contributed by atoms with van der Waals surface area (Å²) in [6, 6.07) is 16.8. The minimum atomic E-state index is -0.424. The third-order valence-electron chi connectivity index (χ3n) is 4.86. The van der Waals surface area contributed by atoms with Crippen molar-refractivity contribution in [3.63, 3.8) is 0 Å². The first-order valence-electron chi connectivity index (χ1n) is 9.09. The second-order valence-corrected chi connectivity index (χ2v) is 7.05. The van der Waals surface area contributed by atoms with Gasteiger partial charge in [0.15, 0.2) is 0 Å². The van der Waals surface area contributed by atoms with Crippen LogP contribution in [0.5, 0.6) is 0 Å². The number of benzene rings is 2. The van der Waals surface area contributed by atoms with Crippen molar-refractivity contribution in [2.45, 2.75) is 52.4 Å². The maximum absolute atomic E-state index is 12.9. The molecule has 3 nitrogen and oxygen atoms in total. The Labute approximate surface area is 150 Å². The predicted molar refractivity (Wildman–Crippen MR) is 100 cm³/mol. The highest BCUT2D eigenvalue weighted by molar-refractivity contribution is 5.81. The zero-order valence-electron chi connectivity index (χ0n) is 15.4. The van der Waals surface area contributed by atoms with Crippen LogP contribution in [0.1, 0.15) is 48.1 Å². The smallest absolute Gasteiger partial charge is 0.251 e. The lowest BCUT2D eigenvalue weighted by atomic mass is 9.99. The lowest BCUT2D eigenvalue weighted by Crippen LogP contribution is -2.38. The van der Waals surface area contributed by atoms with E-state index in [9.17, 15) is 4.79 Å². The lowest BCUT2D eigenvalue weighted by Gasteiger charge is -2.28. The van der Waals surface area contributed by atoms with Gasteiger partial charge in [-0.05, 0) is 44.7 Å². The zero-order valence-corrected chi connectivity index (χ0v) is 15.4. The molecule has 2 aromatic rings. The Balaban J connectivity index is 1.67. The van der Waals surface area contributed by atoms with Gasteiger partial charge in [0.05, 0.1) is 12.6 Å². The van der Waals surface area contributed by atoms with Gasteiger partial charge in [-0.1, -0.05) is 59.7 Å². The SMILES string of the molecule is Cc1cc(C)cc(C2CCCN2C(=O)C(C)OCc2ccccc2)c1. The van der Waals surface area contributed by atoms with Crippen molar-refractivity contribution in [2.75, 3.05) is 6.54 Å². The fourth-order valence-corrected chi connectivity index (χ4v) is 3.68. The van der Waals surface area contributed by atoms with Gasteiger partial charge in [-0.2, -0.15) is 0 Å². The predicted octanol–water partition coefficient (Wildman–Crippen LogP) is 4.57. The summed E-state index contributed by atoms with van der Waals surface area (Å²) in [5, 5.41) is 0. The first-order chi connectivity index (χ1) is 12.0. The van der Waals surface area contributed by atoms with Crippen LogP contribution in [0.25, 0.3) is 0 Å². The summed E-state index contributed by atoms with van der Waals surface area (Å²) >= 11 is 0. The van der Waals surface area contributed by atoms with Crippen LogP contribution >= 0.6 is 0 Å². The molecular weight excluding hydrogens is 310 g/mol. The van der Waals surface area contributed by atoms with Crippen LogP contribution in [0.2, 0.25) is 0 Å². The maximum Gasteiger partial charge on any atom is 0.251 e. The number of carbonyl (C=O) groups excluding carboxylic acids is 1. The molecule has 0 bridgehead atoms. The molecule has 2 unspecified atom stereocenters. The second kappa shape index (κ2) is 7.83. The van der Waals surface area contributed by atoms with E-state index in [4.69, 9.17) is 4.74 Å². The zero-order chi connectivity index (χ0) is 17.8. The molecule has 2 atom stereocenters. The fourth-order valence-electron chi connectivity index (χ4n) is 3.68. The average Bonchev–Trinajstić information content (AvgIpc) is 3.09. The van der Waals surface area contributed by atoms with Gasteiger partial charge in [-0.3, -0.25) is 4.79 Å². The van der Waals surface area contributed by atoms with E-state index < -0.39 is 6.10 Å². The molecule has 1 amide bonds. The first-order valence-corrected chi connectivity index (χ1v) is 9.09. The Bertz CT molecular complexity index is 706. The van der Waals surface area contributed by atoms with Crippen LogP contribution in [0.15, 0.2) is 48.5 Å². The third-order valence-corrected chi connectivity index (χ3v) is 4.86. The largest absolute Gasteiger partial charge is 0.364 e. The highest BCUT2D eigenvalue weighted by Crippen LogP contribution is 2.33. The van der Waals surface area contributed by atoms with E-state index in [1.165, 1.54) is 16.7 Å². The van der Waals surface area contributed by atoms with E-state index in [2.05, 4.69) is 32.0 Å². The molecular formula is C22H27NO2. The van der Waals surface area contributed by atoms with Gasteiger partial charge in [-0.25, -0.2) is 0 Å². The molecule has 0 radical (unpaired) electrons. The normalized spacial score (nSPS) is 18.4. The molecule has 0 saturated carbocycles. The molecule has 1 saturated heterocycles. The molecule has 0 spiro atoms. The number of ether oxygens (including phenoxy) is 1. The molecule has 1 fully saturated rings. The van der Waals surface area contributed by atoms with E-state index in [-0.39, 0.29) is 11.9 Å². The number of carbonyl (C=O) groups is 1. The standard InChI is InChI=1S/C22H27NO2/c1-16-12-17(2)14-20(13-16)21-10-7-11-23(21)22(24)18(3)25-15-19-8-5-4-6-9-19/h4-6,8-9,12-14,18,21H,7,10-11,15H2,1-3H3. The van der Waals surface area contributed by atoms with Crippen molar-refractivity contribution in [1.82, 2.24) is 4.90 Å². The Hall–Kier alpha value is -2.13. The van der Waals surface area contributed by atoms with Crippen molar-refractivity contribution in [3.8, 4) is 0 Å². The molecule has 1 heterocycles. The van der Waals surface area contributed by atoms with Gasteiger partial charge in [0, 0.05) is 6.54 Å². The van der Waals surface area contributed by atoms with Crippen LogP contribution in [-0.4, -0.2) is 23.5 Å². The number of nitrogens with zero attached hydrogens (tertiary/aromatic N) is 1. The minimum absolute atomic E-state index is 0.0950. The molecule has 25 heavy (non-hydrogen) atoms. The number of aryl methyl sites for hydroxylation is 2. The number of hydrogen-bond acceptors (Lipinski definition) is 2. The molecule has 0 aliphatic carbocycles. The topological polar surface area (TPSA) is 29.5 Å². The van der Waals surface area contributed by atoms with Crippen molar-refractivity contribution >= 4 is 5.91 Å². The highest BCUT2D eigenvalue weighted by Gasteiger charge is 2.32. The summed E-state index contributed by atoms with van der Waals surface area (Å²) in [5.74, 6) is 0.0950. The third kappa shape index (κ3) is 4.29. The summed E-state index contributed by atoms with van der Waals surface area (Å²) in [4.78, 5) is 14.9. The van der Waals surface area contributed by atoms with Crippen LogP contribution in [0.3, 0.4) is 0 Å². The van der Waals surface area contributed by atoms with Crippen LogP contribution in [-0.2, 0) is 16.1 Å². The molecule has 0 N–H and O–H groups in total. The van der Waals surface area contributed by atoms with E-state index in [1.54, 1.807) is 0 Å². The fraction of sp³-hybridized carbons (Fsp3) is 0.409. The van der Waals surface area contributed by atoms with Gasteiger partial charge in [0.25, 0.3) is 5.91 Å². The summed E-state index contributed by atoms with van der Waals surface area (Å²) in [5.41, 5.74) is 4.85. The van der Waals surface area contributed by atoms with E-state index in [0.29, 0.717) is 6.61 Å². The van der Waals surface area contributed by atoms with Crippen molar-refractivity contribution in [3.05, 3.63) is 70.8 Å². The van der Waals surface area contributed by atoms with Crippen LogP contribution in [0.4, 0.5) is 0 Å². The molecule has 1 aliphatic rings. The number of rotatable bonds is 5.